The maximum absolute atomic E-state index is 12.3. The average molecular weight is 409 g/mol. The van der Waals surface area contributed by atoms with Crippen LogP contribution >= 0.6 is 0 Å². The number of rotatable bonds is 6. The molecule has 0 aliphatic carbocycles. The summed E-state index contributed by atoms with van der Waals surface area (Å²) in [7, 11) is 1.82. The lowest BCUT2D eigenvalue weighted by Crippen LogP contribution is -2.19. The molecule has 2 aromatic heterocycles. The van der Waals surface area contributed by atoms with Crippen LogP contribution in [0.2, 0.25) is 0 Å². The third-order valence-electron chi connectivity index (χ3n) is 4.85. The number of anilines is 1. The third kappa shape index (κ3) is 4.93. The molecular formula is C21H23N5O4. The standard InChI is InChI=1S/C21H23N5O4/c1-25-12-18(11-22-25)26-7-5-20(27)19(24-26)10-15-3-2-4-17(9-15)23-21(28)30-14-16-6-8-29-13-16/h2-5,7,9,11-12,16H,6,8,10,13-14H2,1H3,(H,23,28). The zero-order valence-electron chi connectivity index (χ0n) is 16.7. The van der Waals surface area contributed by atoms with E-state index in [0.29, 0.717) is 37.6 Å². The quantitative estimate of drug-likeness (QED) is 0.670. The van der Waals surface area contributed by atoms with E-state index in [1.54, 1.807) is 27.8 Å². The molecular weight excluding hydrogens is 386 g/mol. The van der Waals surface area contributed by atoms with Gasteiger partial charge in [-0.05, 0) is 24.1 Å². The minimum absolute atomic E-state index is 0.147. The molecule has 156 valence electrons. The van der Waals surface area contributed by atoms with Crippen LogP contribution in [0.4, 0.5) is 10.5 Å². The SMILES string of the molecule is Cn1cc(-n2ccc(=O)c(Cc3cccc(NC(=O)OCC4CCOC4)c3)n2)cn1. The van der Waals surface area contributed by atoms with Crippen LogP contribution < -0.4 is 10.7 Å². The van der Waals surface area contributed by atoms with Gasteiger partial charge in [0.2, 0.25) is 5.43 Å². The van der Waals surface area contributed by atoms with E-state index >= 15 is 0 Å². The van der Waals surface area contributed by atoms with E-state index in [1.165, 1.54) is 6.07 Å². The molecule has 1 aromatic carbocycles. The monoisotopic (exact) mass is 409 g/mol. The Morgan fingerprint density at radius 2 is 2.27 bits per heavy atom. The highest BCUT2D eigenvalue weighted by Gasteiger charge is 2.17. The zero-order chi connectivity index (χ0) is 20.9. The van der Waals surface area contributed by atoms with Gasteiger partial charge >= 0.3 is 6.09 Å². The Morgan fingerprint density at radius 1 is 1.37 bits per heavy atom. The van der Waals surface area contributed by atoms with Crippen molar-refractivity contribution in [2.75, 3.05) is 25.1 Å². The van der Waals surface area contributed by atoms with Gasteiger partial charge < -0.3 is 9.47 Å². The predicted octanol–water partition coefficient (Wildman–Crippen LogP) is 2.14. The number of ether oxygens (including phenoxy) is 2. The summed E-state index contributed by atoms with van der Waals surface area (Å²) >= 11 is 0. The van der Waals surface area contributed by atoms with Crippen molar-refractivity contribution in [2.24, 2.45) is 13.0 Å². The summed E-state index contributed by atoms with van der Waals surface area (Å²) in [6.07, 6.45) is 5.85. The van der Waals surface area contributed by atoms with Crippen molar-refractivity contribution in [3.63, 3.8) is 0 Å². The van der Waals surface area contributed by atoms with Gasteiger partial charge in [-0.2, -0.15) is 10.2 Å². The maximum atomic E-state index is 12.3. The van der Waals surface area contributed by atoms with E-state index in [1.807, 2.05) is 31.4 Å². The molecule has 1 aliphatic rings. The minimum atomic E-state index is -0.504. The zero-order valence-corrected chi connectivity index (χ0v) is 16.7. The minimum Gasteiger partial charge on any atom is -0.449 e. The van der Waals surface area contributed by atoms with E-state index < -0.39 is 6.09 Å². The summed E-state index contributed by atoms with van der Waals surface area (Å²) in [4.78, 5) is 24.3. The van der Waals surface area contributed by atoms with Crippen LogP contribution in [0.5, 0.6) is 0 Å². The first-order valence-corrected chi connectivity index (χ1v) is 9.75. The normalized spacial score (nSPS) is 15.8. The number of aryl methyl sites for hydroxylation is 1. The molecule has 3 aromatic rings. The highest BCUT2D eigenvalue weighted by atomic mass is 16.6. The third-order valence-corrected chi connectivity index (χ3v) is 4.85. The first kappa shape index (κ1) is 19.8. The summed E-state index contributed by atoms with van der Waals surface area (Å²) in [5, 5.41) is 11.3. The van der Waals surface area contributed by atoms with Crippen LogP contribution in [0.3, 0.4) is 0 Å². The molecule has 9 heteroatoms. The van der Waals surface area contributed by atoms with Crippen molar-refractivity contribution >= 4 is 11.8 Å². The molecule has 0 spiro atoms. The number of hydrogen-bond donors (Lipinski definition) is 1. The van der Waals surface area contributed by atoms with Crippen molar-refractivity contribution in [3.8, 4) is 5.69 Å². The lowest BCUT2D eigenvalue weighted by molar-refractivity contribution is 0.127. The Labute approximate surface area is 173 Å². The Morgan fingerprint density at radius 3 is 3.03 bits per heavy atom. The van der Waals surface area contributed by atoms with Crippen LogP contribution in [0.25, 0.3) is 5.69 Å². The van der Waals surface area contributed by atoms with Crippen molar-refractivity contribution in [3.05, 3.63) is 70.4 Å². The topological polar surface area (TPSA) is 100 Å². The summed E-state index contributed by atoms with van der Waals surface area (Å²) in [5.74, 6) is 0.258. The molecule has 30 heavy (non-hydrogen) atoms. The second-order valence-electron chi connectivity index (χ2n) is 7.27. The van der Waals surface area contributed by atoms with Crippen LogP contribution in [0.1, 0.15) is 17.7 Å². The van der Waals surface area contributed by atoms with Crippen LogP contribution in [-0.2, 0) is 22.9 Å². The number of carbonyl (C=O) groups excluding carboxylic acids is 1. The summed E-state index contributed by atoms with van der Waals surface area (Å²) < 4.78 is 13.8. The Hall–Kier alpha value is -3.46. The fraction of sp³-hybridized carbons (Fsp3) is 0.333. The first-order valence-electron chi connectivity index (χ1n) is 9.75. The van der Waals surface area contributed by atoms with E-state index in [9.17, 15) is 9.59 Å². The Balaban J connectivity index is 1.42. The molecule has 0 bridgehead atoms. The highest BCUT2D eigenvalue weighted by molar-refractivity contribution is 5.84. The summed E-state index contributed by atoms with van der Waals surface area (Å²) in [6, 6.07) is 8.77. The van der Waals surface area contributed by atoms with E-state index in [4.69, 9.17) is 9.47 Å². The molecule has 4 rings (SSSR count). The predicted molar refractivity (Wildman–Crippen MR) is 110 cm³/mol. The molecule has 1 aliphatic heterocycles. The van der Waals surface area contributed by atoms with E-state index in [0.717, 1.165) is 17.7 Å². The van der Waals surface area contributed by atoms with Gasteiger partial charge in [-0.25, -0.2) is 9.48 Å². The smallest absolute Gasteiger partial charge is 0.411 e. The number of carbonyl (C=O) groups is 1. The molecule has 1 saturated heterocycles. The molecule has 9 nitrogen and oxygen atoms in total. The number of hydrogen-bond acceptors (Lipinski definition) is 6. The number of aromatic nitrogens is 4. The molecule has 3 heterocycles. The fourth-order valence-corrected chi connectivity index (χ4v) is 3.25. The second kappa shape index (κ2) is 8.91. The lowest BCUT2D eigenvalue weighted by Gasteiger charge is -2.11. The van der Waals surface area contributed by atoms with Crippen LogP contribution in [-0.4, -0.2) is 45.5 Å². The van der Waals surface area contributed by atoms with Gasteiger partial charge in [-0.1, -0.05) is 12.1 Å². The van der Waals surface area contributed by atoms with E-state index in [2.05, 4.69) is 15.5 Å². The number of nitrogens with one attached hydrogen (secondary N) is 1. The maximum Gasteiger partial charge on any atom is 0.411 e. The first-order chi connectivity index (χ1) is 14.6. The molecule has 0 radical (unpaired) electrons. The molecule has 1 fully saturated rings. The molecule has 1 unspecified atom stereocenters. The van der Waals surface area contributed by atoms with Gasteiger partial charge in [0, 0.05) is 43.9 Å². The Kier molecular flexibility index (Phi) is 5.89. The van der Waals surface area contributed by atoms with Gasteiger partial charge in [-0.15, -0.1) is 0 Å². The molecule has 1 amide bonds. The molecule has 0 saturated carbocycles. The van der Waals surface area contributed by atoms with Gasteiger partial charge in [0.1, 0.15) is 11.4 Å². The summed E-state index contributed by atoms with van der Waals surface area (Å²) in [6.45, 7) is 1.68. The van der Waals surface area contributed by atoms with Gasteiger partial charge in [0.05, 0.1) is 25.6 Å². The van der Waals surface area contributed by atoms with Gasteiger partial charge in [0.15, 0.2) is 0 Å². The van der Waals surface area contributed by atoms with Crippen molar-refractivity contribution < 1.29 is 14.3 Å². The number of benzene rings is 1. The van der Waals surface area contributed by atoms with E-state index in [-0.39, 0.29) is 11.3 Å². The largest absolute Gasteiger partial charge is 0.449 e. The average Bonchev–Trinajstić information content (AvgIpc) is 3.40. The number of amides is 1. The van der Waals surface area contributed by atoms with Crippen molar-refractivity contribution in [1.82, 2.24) is 19.6 Å². The fourth-order valence-electron chi connectivity index (χ4n) is 3.25. The van der Waals surface area contributed by atoms with Gasteiger partial charge in [0.25, 0.3) is 0 Å². The van der Waals surface area contributed by atoms with Crippen molar-refractivity contribution in [1.29, 1.82) is 0 Å². The molecule has 1 N–H and O–H groups in total. The van der Waals surface area contributed by atoms with Gasteiger partial charge in [-0.3, -0.25) is 14.8 Å². The van der Waals surface area contributed by atoms with Crippen molar-refractivity contribution in [2.45, 2.75) is 12.8 Å². The lowest BCUT2D eigenvalue weighted by atomic mass is 10.1. The summed E-state index contributed by atoms with van der Waals surface area (Å²) in [5.41, 5.74) is 2.48. The second-order valence-corrected chi connectivity index (χ2v) is 7.27. The van der Waals surface area contributed by atoms with Crippen LogP contribution in [0, 0.1) is 5.92 Å². The highest BCUT2D eigenvalue weighted by Crippen LogP contribution is 2.15. The van der Waals surface area contributed by atoms with Crippen LogP contribution in [0.15, 0.2) is 53.7 Å². The number of nitrogens with zero attached hydrogens (tertiary/aromatic N) is 4. The Bertz CT molecular complexity index is 1080. The molecule has 1 atom stereocenters.